The summed E-state index contributed by atoms with van der Waals surface area (Å²) in [5.74, 6) is 0. The second kappa shape index (κ2) is 10.3. The fourth-order valence-corrected chi connectivity index (χ4v) is 15.9. The minimum Gasteiger partial charge on any atom is -0.135 e. The Balaban J connectivity index is 1.25. The molecule has 43 heavy (non-hydrogen) atoms. The summed E-state index contributed by atoms with van der Waals surface area (Å²) in [6.45, 7) is 8.76. The van der Waals surface area contributed by atoms with E-state index >= 15 is 0 Å². The number of fused-ring (bicyclic) bond motifs is 2. The molecule has 8 rings (SSSR count). The first kappa shape index (κ1) is 27.1. The fraction of sp³-hybridized carbons (Fsp3) is 0.200. The van der Waals surface area contributed by atoms with Crippen molar-refractivity contribution in [2.75, 3.05) is 0 Å². The largest absolute Gasteiger partial charge is 0.135 e. The maximum Gasteiger partial charge on any atom is 0.0712 e. The van der Waals surface area contributed by atoms with E-state index in [2.05, 4.69) is 125 Å². The summed E-state index contributed by atoms with van der Waals surface area (Å²) in [6, 6.07) is 42.3. The Morgan fingerprint density at radius 2 is 0.558 bits per heavy atom. The molecule has 2 aliphatic heterocycles. The zero-order valence-electron chi connectivity index (χ0n) is 25.4. The highest BCUT2D eigenvalue weighted by atomic mass is 32.1. The van der Waals surface area contributed by atoms with Crippen LogP contribution in [0.5, 0.6) is 0 Å². The number of benzene rings is 4. The lowest BCUT2D eigenvalue weighted by Crippen LogP contribution is -2.38. The van der Waals surface area contributed by atoms with Crippen molar-refractivity contribution in [3.63, 3.8) is 0 Å². The number of aryl methyl sites for hydroxylation is 4. The van der Waals surface area contributed by atoms with Gasteiger partial charge in [0.25, 0.3) is 0 Å². The molecule has 212 valence electrons. The Bertz CT molecular complexity index is 1680. The third kappa shape index (κ3) is 4.70. The van der Waals surface area contributed by atoms with Crippen LogP contribution in [-0.2, 0) is 24.2 Å². The summed E-state index contributed by atoms with van der Waals surface area (Å²) in [6.07, 6.45) is 0. The molecule has 0 saturated carbocycles. The van der Waals surface area contributed by atoms with Crippen LogP contribution in [0, 0.1) is 27.7 Å². The van der Waals surface area contributed by atoms with E-state index in [1.54, 1.807) is 22.3 Å². The van der Waals surface area contributed by atoms with Gasteiger partial charge in [-0.3, -0.25) is 0 Å². The van der Waals surface area contributed by atoms with Gasteiger partial charge in [0.1, 0.15) is 0 Å². The third-order valence-electron chi connectivity index (χ3n) is 9.70. The van der Waals surface area contributed by atoms with Crippen LogP contribution in [0.1, 0.15) is 44.5 Å². The lowest BCUT2D eigenvalue weighted by atomic mass is 10.0. The highest BCUT2D eigenvalue weighted by Gasteiger charge is 2.49. The molecule has 1 spiro atoms. The fourth-order valence-electron chi connectivity index (χ4n) is 7.37. The summed E-state index contributed by atoms with van der Waals surface area (Å²) in [5.41, 5.74) is 17.5. The maximum absolute atomic E-state index is 2.35. The third-order valence-corrected chi connectivity index (χ3v) is 16.9. The van der Waals surface area contributed by atoms with Gasteiger partial charge in [-0.2, -0.15) is 0 Å². The van der Waals surface area contributed by atoms with Crippen molar-refractivity contribution < 1.29 is 0 Å². The number of rotatable bonds is 4. The van der Waals surface area contributed by atoms with Crippen LogP contribution in [0.2, 0.25) is 0 Å². The van der Waals surface area contributed by atoms with Gasteiger partial charge in [-0.1, -0.05) is 119 Å². The minimum atomic E-state index is -1.66. The molecule has 3 heteroatoms. The average Bonchev–Trinajstić information content (AvgIpc) is 3.74. The number of thiophene rings is 2. The van der Waals surface area contributed by atoms with Crippen LogP contribution in [-0.4, -0.2) is 8.07 Å². The van der Waals surface area contributed by atoms with Crippen molar-refractivity contribution in [3.05, 3.63) is 142 Å². The maximum atomic E-state index is 2.35. The summed E-state index contributed by atoms with van der Waals surface area (Å²) in [5, 5.41) is 0. The molecule has 2 aliphatic rings. The number of hydrogen-bond acceptors (Lipinski definition) is 2. The summed E-state index contributed by atoms with van der Waals surface area (Å²) < 4.78 is 0. The molecule has 2 aromatic heterocycles. The molecule has 0 saturated heterocycles. The van der Waals surface area contributed by atoms with Gasteiger partial charge < -0.3 is 0 Å². The molecule has 0 radical (unpaired) electrons. The normalized spacial score (nSPS) is 14.8. The molecule has 0 amide bonds. The highest BCUT2D eigenvalue weighted by Crippen LogP contribution is 2.54. The van der Waals surface area contributed by atoms with E-state index in [0.29, 0.717) is 0 Å². The molecule has 4 aromatic carbocycles. The Morgan fingerprint density at radius 1 is 0.349 bits per heavy atom. The van der Waals surface area contributed by atoms with Gasteiger partial charge in [-0.15, -0.1) is 22.7 Å². The van der Waals surface area contributed by atoms with Gasteiger partial charge >= 0.3 is 0 Å². The molecule has 0 bridgehead atoms. The van der Waals surface area contributed by atoms with E-state index in [4.69, 9.17) is 0 Å². The molecule has 0 N–H and O–H groups in total. The monoisotopic (exact) mass is 608 g/mol. The molecule has 0 unspecified atom stereocenters. The van der Waals surface area contributed by atoms with E-state index in [1.165, 1.54) is 88.2 Å². The van der Waals surface area contributed by atoms with E-state index in [1.807, 2.05) is 22.7 Å². The van der Waals surface area contributed by atoms with Crippen molar-refractivity contribution in [2.45, 2.75) is 51.9 Å². The van der Waals surface area contributed by atoms with Crippen LogP contribution in [0.15, 0.2) is 97.1 Å². The Morgan fingerprint density at radius 3 is 0.767 bits per heavy atom. The predicted molar refractivity (Wildman–Crippen MR) is 190 cm³/mol. The van der Waals surface area contributed by atoms with Crippen molar-refractivity contribution in [2.24, 2.45) is 0 Å². The van der Waals surface area contributed by atoms with E-state index < -0.39 is 8.07 Å². The molecule has 4 heterocycles. The van der Waals surface area contributed by atoms with Crippen LogP contribution in [0.25, 0.3) is 41.8 Å². The Labute approximate surface area is 264 Å². The topological polar surface area (TPSA) is 0 Å². The quantitative estimate of drug-likeness (QED) is 0.175. The zero-order chi connectivity index (χ0) is 29.3. The van der Waals surface area contributed by atoms with Gasteiger partial charge in [0.2, 0.25) is 0 Å². The number of hydrogen-bond donors (Lipinski definition) is 0. The molecule has 6 aromatic rings. The van der Waals surface area contributed by atoms with E-state index in [0.717, 1.165) is 0 Å². The summed E-state index contributed by atoms with van der Waals surface area (Å²) >= 11 is 4.07. The smallest absolute Gasteiger partial charge is 0.0712 e. The van der Waals surface area contributed by atoms with Crippen LogP contribution in [0.3, 0.4) is 0 Å². The summed E-state index contributed by atoms with van der Waals surface area (Å²) in [4.78, 5) is 6.06. The molecule has 0 fully saturated rings. The van der Waals surface area contributed by atoms with E-state index in [-0.39, 0.29) is 0 Å². The van der Waals surface area contributed by atoms with Gasteiger partial charge in [0, 0.05) is 19.5 Å². The summed E-state index contributed by atoms with van der Waals surface area (Å²) in [7, 11) is -1.66. The van der Waals surface area contributed by atoms with Gasteiger partial charge in [0.05, 0.1) is 8.07 Å². The lowest BCUT2D eigenvalue weighted by Gasteiger charge is -2.22. The van der Waals surface area contributed by atoms with Gasteiger partial charge in [-0.05, 0) is 96.4 Å². The molecular formula is C40H36S2Si. The van der Waals surface area contributed by atoms with Crippen LogP contribution in [0.4, 0.5) is 0 Å². The average molecular weight is 609 g/mol. The van der Waals surface area contributed by atoms with Gasteiger partial charge in [0.15, 0.2) is 0 Å². The lowest BCUT2D eigenvalue weighted by molar-refractivity contribution is 1.24. The standard InChI is InChI=1S/C40H36S2Si/c1-25-5-13-29(14-6-25)37-33-21-43(22-34(33)38(41-37)30-15-7-26(2)8-16-30)23-35-36(24-43)40(32-19-11-28(4)12-20-32)42-39(35)31-17-9-27(3)10-18-31/h5-20H,21-24H2,1-4H3. The molecule has 0 nitrogen and oxygen atoms in total. The second-order valence-corrected chi connectivity index (χ2v) is 19.6. The Hall–Kier alpha value is -3.50. The van der Waals surface area contributed by atoms with Crippen molar-refractivity contribution in [1.29, 1.82) is 0 Å². The molecule has 0 atom stereocenters. The van der Waals surface area contributed by atoms with Crippen molar-refractivity contribution in [3.8, 4) is 41.8 Å². The second-order valence-electron chi connectivity index (χ2n) is 13.1. The minimum absolute atomic E-state index is 1.30. The predicted octanol–water partition coefficient (Wildman–Crippen LogP) is 11.2. The van der Waals surface area contributed by atoms with Crippen molar-refractivity contribution >= 4 is 30.7 Å². The van der Waals surface area contributed by atoms with Crippen LogP contribution < -0.4 is 0 Å². The molecular weight excluding hydrogens is 573 g/mol. The Kier molecular flexibility index (Phi) is 6.48. The van der Waals surface area contributed by atoms with Gasteiger partial charge in [-0.25, -0.2) is 0 Å². The SMILES string of the molecule is Cc1ccc(-c2sc(-c3ccc(C)cc3)c3c2C[Si]2(C3)Cc3c(-c4ccc(C)cc4)sc(-c4ccc(C)cc4)c3C2)cc1. The first-order valence-corrected chi connectivity index (χ1v) is 19.9. The first-order valence-electron chi connectivity index (χ1n) is 15.4. The van der Waals surface area contributed by atoms with Crippen LogP contribution >= 0.6 is 22.7 Å². The molecule has 0 aliphatic carbocycles. The zero-order valence-corrected chi connectivity index (χ0v) is 28.0. The van der Waals surface area contributed by atoms with E-state index in [9.17, 15) is 0 Å². The highest BCUT2D eigenvalue weighted by molar-refractivity contribution is 7.20. The van der Waals surface area contributed by atoms with Crippen molar-refractivity contribution in [1.82, 2.24) is 0 Å². The first-order chi connectivity index (χ1) is 20.9.